The van der Waals surface area contributed by atoms with Gasteiger partial charge in [-0.05, 0) is 71.0 Å². The lowest BCUT2D eigenvalue weighted by molar-refractivity contribution is -0.131. The van der Waals surface area contributed by atoms with E-state index in [4.69, 9.17) is 22.9 Å². The molecule has 9 heteroatoms. The predicted octanol–water partition coefficient (Wildman–Crippen LogP) is -1.13. The molecule has 10 N–H and O–H groups in total. The average molecular weight is 387 g/mol. The van der Waals surface area contributed by atoms with E-state index in [0.29, 0.717) is 51.6 Å². The monoisotopic (exact) mass is 386 g/mol. The van der Waals surface area contributed by atoms with Gasteiger partial charge in [-0.15, -0.1) is 0 Å². The molecule has 3 atom stereocenters. The summed E-state index contributed by atoms with van der Waals surface area (Å²) >= 11 is 0. The van der Waals surface area contributed by atoms with Crippen LogP contribution >= 0.6 is 0 Å². The lowest BCUT2D eigenvalue weighted by Gasteiger charge is -2.22. The van der Waals surface area contributed by atoms with Crippen LogP contribution < -0.4 is 33.6 Å². The highest BCUT2D eigenvalue weighted by Crippen LogP contribution is 2.05. The summed E-state index contributed by atoms with van der Waals surface area (Å²) in [6.07, 6.45) is 6.71. The van der Waals surface area contributed by atoms with E-state index in [0.717, 1.165) is 32.1 Å². The molecule has 0 saturated carbocycles. The minimum Gasteiger partial charge on any atom is -0.345 e. The van der Waals surface area contributed by atoms with E-state index in [2.05, 4.69) is 10.6 Å². The molecule has 0 aromatic carbocycles. The molecule has 0 spiro atoms. The van der Waals surface area contributed by atoms with Crippen molar-refractivity contribution in [3.63, 3.8) is 0 Å². The topological polar surface area (TPSA) is 179 Å². The second kappa shape index (κ2) is 16.6. The lowest BCUT2D eigenvalue weighted by atomic mass is 10.0. The van der Waals surface area contributed by atoms with Gasteiger partial charge in [0, 0.05) is 0 Å². The molecule has 2 amide bonds. The second-order valence-electron chi connectivity index (χ2n) is 6.77. The summed E-state index contributed by atoms with van der Waals surface area (Å²) in [6.45, 7) is 1.60. The molecule has 0 aromatic rings. The van der Waals surface area contributed by atoms with Gasteiger partial charge < -0.3 is 38.4 Å². The predicted molar refractivity (Wildman–Crippen MR) is 107 cm³/mol. The van der Waals surface area contributed by atoms with Crippen LogP contribution in [0.4, 0.5) is 0 Å². The van der Waals surface area contributed by atoms with Crippen molar-refractivity contribution >= 4 is 18.1 Å². The first-order valence-electron chi connectivity index (χ1n) is 9.91. The van der Waals surface area contributed by atoms with Crippen LogP contribution in [0.25, 0.3) is 0 Å². The zero-order chi connectivity index (χ0) is 20.5. The number of hydrogen-bond donors (Lipinski definition) is 6. The number of aldehydes is 1. The van der Waals surface area contributed by atoms with Crippen molar-refractivity contribution in [2.24, 2.45) is 22.9 Å². The number of carbonyl (C=O) groups excluding carboxylic acids is 3. The Morgan fingerprint density at radius 3 is 1.78 bits per heavy atom. The smallest absolute Gasteiger partial charge is 0.243 e. The number of hydrogen-bond acceptors (Lipinski definition) is 7. The van der Waals surface area contributed by atoms with Crippen molar-refractivity contribution in [2.75, 3.05) is 19.6 Å². The summed E-state index contributed by atoms with van der Waals surface area (Å²) in [4.78, 5) is 36.1. The minimum absolute atomic E-state index is 0.370. The van der Waals surface area contributed by atoms with Crippen molar-refractivity contribution in [3.8, 4) is 0 Å². The molecule has 2 unspecified atom stereocenters. The van der Waals surface area contributed by atoms with Crippen molar-refractivity contribution < 1.29 is 14.4 Å². The van der Waals surface area contributed by atoms with Crippen LogP contribution in [0.15, 0.2) is 0 Å². The fraction of sp³-hybridized carbons (Fsp3) is 0.833. The third-order valence-electron chi connectivity index (χ3n) is 4.35. The quantitative estimate of drug-likeness (QED) is 0.135. The number of rotatable bonds is 17. The highest BCUT2D eigenvalue weighted by atomic mass is 16.2. The molecule has 158 valence electrons. The fourth-order valence-corrected chi connectivity index (χ4v) is 2.65. The van der Waals surface area contributed by atoms with Crippen LogP contribution in [-0.2, 0) is 14.4 Å². The summed E-state index contributed by atoms with van der Waals surface area (Å²) in [6, 6.07) is -2.01. The number of carbonyl (C=O) groups is 3. The van der Waals surface area contributed by atoms with Crippen molar-refractivity contribution in [1.29, 1.82) is 0 Å². The van der Waals surface area contributed by atoms with Gasteiger partial charge in [0.2, 0.25) is 11.8 Å². The molecule has 0 aliphatic rings. The normalized spacial score (nSPS) is 14.2. The molecule has 0 aliphatic heterocycles. The van der Waals surface area contributed by atoms with E-state index in [9.17, 15) is 14.4 Å². The molecular formula is C18H38N6O3. The Morgan fingerprint density at radius 1 is 0.741 bits per heavy atom. The number of nitrogens with two attached hydrogens (primary N) is 4. The van der Waals surface area contributed by atoms with Gasteiger partial charge in [0.15, 0.2) is 0 Å². The van der Waals surface area contributed by atoms with Gasteiger partial charge in [-0.2, -0.15) is 0 Å². The molecular weight excluding hydrogens is 348 g/mol. The van der Waals surface area contributed by atoms with E-state index >= 15 is 0 Å². The van der Waals surface area contributed by atoms with Crippen molar-refractivity contribution in [2.45, 2.75) is 75.9 Å². The van der Waals surface area contributed by atoms with Crippen LogP contribution in [-0.4, -0.2) is 55.9 Å². The Kier molecular flexibility index (Phi) is 15.7. The van der Waals surface area contributed by atoms with Gasteiger partial charge in [0.05, 0.1) is 12.1 Å². The Bertz CT molecular complexity index is 422. The maximum atomic E-state index is 12.6. The van der Waals surface area contributed by atoms with Gasteiger partial charge in [-0.1, -0.05) is 6.42 Å². The van der Waals surface area contributed by atoms with E-state index in [1.807, 2.05) is 0 Å². The highest BCUT2D eigenvalue weighted by molar-refractivity contribution is 5.90. The first-order chi connectivity index (χ1) is 13.0. The molecule has 0 heterocycles. The highest BCUT2D eigenvalue weighted by Gasteiger charge is 2.25. The standard InChI is InChI=1S/C18H38N6O3/c19-10-4-1-7-14(13-25)23-18(27)16(9-3-6-12-21)24-17(26)15(22)8-2-5-11-20/h13-16H,1-12,19-22H2,(H,23,27)(H,24,26)/t14?,15-,16?/m0/s1. The number of unbranched alkanes of at least 4 members (excludes halogenated alkanes) is 3. The van der Waals surface area contributed by atoms with E-state index in [-0.39, 0.29) is 11.8 Å². The van der Waals surface area contributed by atoms with Crippen molar-refractivity contribution in [1.82, 2.24) is 10.6 Å². The first kappa shape index (κ1) is 25.4. The van der Waals surface area contributed by atoms with Gasteiger partial charge in [-0.3, -0.25) is 9.59 Å². The Balaban J connectivity index is 4.72. The Labute approximate surface area is 162 Å². The summed E-state index contributed by atoms with van der Waals surface area (Å²) < 4.78 is 0. The third kappa shape index (κ3) is 12.5. The third-order valence-corrected chi connectivity index (χ3v) is 4.35. The number of amides is 2. The van der Waals surface area contributed by atoms with Crippen LogP contribution in [0.1, 0.15) is 57.8 Å². The maximum absolute atomic E-state index is 12.6. The molecule has 0 rings (SSSR count). The maximum Gasteiger partial charge on any atom is 0.243 e. The van der Waals surface area contributed by atoms with Crippen LogP contribution in [0.2, 0.25) is 0 Å². The summed E-state index contributed by atoms with van der Waals surface area (Å²) in [5, 5.41) is 5.41. The lowest BCUT2D eigenvalue weighted by Crippen LogP contribution is -2.53. The van der Waals surface area contributed by atoms with E-state index in [1.54, 1.807) is 0 Å². The summed E-state index contributed by atoms with van der Waals surface area (Å²) in [5.74, 6) is -0.745. The zero-order valence-electron chi connectivity index (χ0n) is 16.3. The van der Waals surface area contributed by atoms with Crippen LogP contribution in [0.3, 0.4) is 0 Å². The van der Waals surface area contributed by atoms with Gasteiger partial charge >= 0.3 is 0 Å². The first-order valence-corrected chi connectivity index (χ1v) is 9.91. The van der Waals surface area contributed by atoms with Crippen molar-refractivity contribution in [3.05, 3.63) is 0 Å². The number of nitrogens with one attached hydrogen (secondary N) is 2. The molecule has 0 aliphatic carbocycles. The molecule has 0 radical (unpaired) electrons. The fourth-order valence-electron chi connectivity index (χ4n) is 2.65. The molecule has 27 heavy (non-hydrogen) atoms. The minimum atomic E-state index is -0.735. The zero-order valence-corrected chi connectivity index (χ0v) is 16.3. The Hall–Kier alpha value is -1.55. The average Bonchev–Trinajstić information content (AvgIpc) is 2.66. The van der Waals surface area contributed by atoms with E-state index in [1.165, 1.54) is 0 Å². The van der Waals surface area contributed by atoms with Gasteiger partial charge in [0.25, 0.3) is 0 Å². The summed E-state index contributed by atoms with van der Waals surface area (Å²) in [7, 11) is 0. The van der Waals surface area contributed by atoms with Gasteiger partial charge in [-0.25, -0.2) is 0 Å². The SMILES string of the molecule is NCCCCC(C=O)NC(=O)C(CCCCN)NC(=O)[C@@H](N)CCCCN. The summed E-state index contributed by atoms with van der Waals surface area (Å²) in [5.41, 5.74) is 22.3. The largest absolute Gasteiger partial charge is 0.345 e. The molecule has 0 bridgehead atoms. The van der Waals surface area contributed by atoms with E-state index < -0.39 is 18.1 Å². The molecule has 0 saturated heterocycles. The Morgan fingerprint density at radius 2 is 1.26 bits per heavy atom. The molecule has 9 nitrogen and oxygen atoms in total. The molecule has 0 aromatic heterocycles. The van der Waals surface area contributed by atoms with Crippen LogP contribution in [0, 0.1) is 0 Å². The van der Waals surface area contributed by atoms with Crippen LogP contribution in [0.5, 0.6) is 0 Å². The van der Waals surface area contributed by atoms with Gasteiger partial charge in [0.1, 0.15) is 12.3 Å². The molecule has 0 fully saturated rings. The second-order valence-corrected chi connectivity index (χ2v) is 6.77.